The predicted octanol–water partition coefficient (Wildman–Crippen LogP) is 2.51. The molecule has 0 fully saturated rings. The van der Waals surface area contributed by atoms with Gasteiger partial charge in [-0.1, -0.05) is 6.07 Å². The highest BCUT2D eigenvalue weighted by Gasteiger charge is 2.29. The highest BCUT2D eigenvalue weighted by atomic mass is 32.1. The Balaban J connectivity index is 1.97. The summed E-state index contributed by atoms with van der Waals surface area (Å²) in [6.07, 6.45) is 1.76. The van der Waals surface area contributed by atoms with Gasteiger partial charge in [-0.2, -0.15) is 0 Å². The lowest BCUT2D eigenvalue weighted by Gasteiger charge is -2.28. The van der Waals surface area contributed by atoms with Crippen LogP contribution in [0.15, 0.2) is 34.7 Å². The number of esters is 1. The minimum absolute atomic E-state index is 0.126. The van der Waals surface area contributed by atoms with Crippen molar-refractivity contribution in [2.24, 2.45) is 0 Å². The van der Waals surface area contributed by atoms with Crippen LogP contribution in [-0.2, 0) is 11.3 Å². The van der Waals surface area contributed by atoms with Gasteiger partial charge < -0.3 is 19.7 Å². The lowest BCUT2D eigenvalue weighted by molar-refractivity contribution is 0.0520. The van der Waals surface area contributed by atoms with E-state index in [1.54, 1.807) is 30.8 Å². The number of nitrogens with zero attached hydrogens (tertiary/aromatic N) is 2. The summed E-state index contributed by atoms with van der Waals surface area (Å²) < 4.78 is 6.47. The van der Waals surface area contributed by atoms with Crippen molar-refractivity contribution < 1.29 is 14.6 Å². The number of nitrogens with one attached hydrogen (secondary N) is 1. The topological polar surface area (TPSA) is 93.5 Å². The monoisotopic (exact) mass is 357 g/mol. The van der Waals surface area contributed by atoms with Gasteiger partial charge in [-0.05, 0) is 19.1 Å². The van der Waals surface area contributed by atoms with Crippen molar-refractivity contribution in [1.29, 1.82) is 0 Å². The zero-order valence-electron chi connectivity index (χ0n) is 13.4. The van der Waals surface area contributed by atoms with Crippen molar-refractivity contribution in [1.82, 2.24) is 9.55 Å². The molecule has 0 radical (unpaired) electrons. The molecule has 25 heavy (non-hydrogen) atoms. The predicted molar refractivity (Wildman–Crippen MR) is 94.3 cm³/mol. The Kier molecular flexibility index (Phi) is 3.69. The maximum atomic E-state index is 12.9. The summed E-state index contributed by atoms with van der Waals surface area (Å²) in [5.74, 6) is -1.15. The number of pyridine rings is 1. The molecule has 1 aliphatic rings. The molecule has 4 rings (SSSR count). The first-order valence-corrected chi connectivity index (χ1v) is 8.70. The van der Waals surface area contributed by atoms with Gasteiger partial charge in [0, 0.05) is 16.5 Å². The first kappa shape index (κ1) is 15.6. The van der Waals surface area contributed by atoms with Gasteiger partial charge in [-0.15, -0.1) is 11.3 Å². The molecule has 0 spiro atoms. The number of hydrogen-bond acceptors (Lipinski definition) is 7. The van der Waals surface area contributed by atoms with Crippen LogP contribution in [0.25, 0.3) is 10.9 Å². The minimum atomic E-state index is -0.811. The highest BCUT2D eigenvalue weighted by molar-refractivity contribution is 7.09. The van der Waals surface area contributed by atoms with Crippen LogP contribution in [0, 0.1) is 0 Å². The van der Waals surface area contributed by atoms with Crippen LogP contribution in [0.5, 0.6) is 5.75 Å². The quantitative estimate of drug-likeness (QED) is 0.700. The van der Waals surface area contributed by atoms with Gasteiger partial charge in [0.25, 0.3) is 5.56 Å². The Morgan fingerprint density at radius 1 is 1.52 bits per heavy atom. The van der Waals surface area contributed by atoms with Gasteiger partial charge in [0.15, 0.2) is 5.56 Å². The molecule has 3 heterocycles. The second-order valence-corrected chi connectivity index (χ2v) is 6.58. The first-order valence-electron chi connectivity index (χ1n) is 7.82. The highest BCUT2D eigenvalue weighted by Crippen LogP contribution is 2.37. The van der Waals surface area contributed by atoms with Crippen molar-refractivity contribution in [3.8, 4) is 5.75 Å². The summed E-state index contributed by atoms with van der Waals surface area (Å²) in [4.78, 5) is 30.2. The Bertz CT molecular complexity index is 1030. The van der Waals surface area contributed by atoms with E-state index in [0.717, 1.165) is 10.6 Å². The standard InChI is InChI=1S/C17H15N3O4S/c1-2-24-17(23)13-15(21)9-4-3-5-10-14(9)20(16(13)22)7-11(19-10)12-6-18-8-25-12/h3-6,8,11,19,21H,2,7H2,1H3. The number of ether oxygens (including phenoxy) is 1. The average molecular weight is 357 g/mol. The zero-order chi connectivity index (χ0) is 17.6. The fraction of sp³-hybridized carbons (Fsp3) is 0.235. The summed E-state index contributed by atoms with van der Waals surface area (Å²) in [6.45, 7) is 2.11. The van der Waals surface area contributed by atoms with Crippen molar-refractivity contribution in [2.45, 2.75) is 19.5 Å². The van der Waals surface area contributed by atoms with Gasteiger partial charge in [0.05, 0.1) is 35.9 Å². The number of aromatic hydroxyl groups is 1. The van der Waals surface area contributed by atoms with E-state index >= 15 is 0 Å². The fourth-order valence-electron chi connectivity index (χ4n) is 3.15. The minimum Gasteiger partial charge on any atom is -0.506 e. The molecule has 1 aliphatic heterocycles. The van der Waals surface area contributed by atoms with E-state index in [1.807, 2.05) is 6.07 Å². The summed E-state index contributed by atoms with van der Waals surface area (Å²) in [6, 6.07) is 5.16. The van der Waals surface area contributed by atoms with Crippen molar-refractivity contribution in [3.05, 3.63) is 50.7 Å². The van der Waals surface area contributed by atoms with Gasteiger partial charge >= 0.3 is 5.97 Å². The van der Waals surface area contributed by atoms with Crippen LogP contribution < -0.4 is 10.9 Å². The Labute approximate surface area is 146 Å². The third kappa shape index (κ3) is 2.37. The Morgan fingerprint density at radius 3 is 3.08 bits per heavy atom. The van der Waals surface area contributed by atoms with Crippen molar-refractivity contribution in [3.63, 3.8) is 0 Å². The molecule has 0 amide bonds. The lowest BCUT2D eigenvalue weighted by atomic mass is 10.0. The van der Waals surface area contributed by atoms with E-state index < -0.39 is 11.5 Å². The van der Waals surface area contributed by atoms with Gasteiger partial charge in [-0.25, -0.2) is 4.79 Å². The second kappa shape index (κ2) is 5.89. The second-order valence-electron chi connectivity index (χ2n) is 5.66. The van der Waals surface area contributed by atoms with E-state index in [4.69, 9.17) is 4.74 Å². The molecular weight excluding hydrogens is 342 g/mol. The summed E-state index contributed by atoms with van der Waals surface area (Å²) in [7, 11) is 0. The van der Waals surface area contributed by atoms with Crippen LogP contribution in [0.2, 0.25) is 0 Å². The number of carbonyl (C=O) groups is 1. The fourth-order valence-corrected chi connectivity index (χ4v) is 3.81. The van der Waals surface area contributed by atoms with Gasteiger partial charge in [0.2, 0.25) is 0 Å². The third-order valence-corrected chi connectivity index (χ3v) is 5.12. The number of aromatic nitrogens is 2. The largest absolute Gasteiger partial charge is 0.506 e. The number of hydrogen-bond donors (Lipinski definition) is 2. The number of thiazole rings is 1. The lowest BCUT2D eigenvalue weighted by Crippen LogP contribution is -2.34. The number of benzene rings is 1. The molecule has 1 atom stereocenters. The Morgan fingerprint density at radius 2 is 2.36 bits per heavy atom. The molecule has 7 nitrogen and oxygen atoms in total. The van der Waals surface area contributed by atoms with E-state index in [2.05, 4.69) is 10.3 Å². The number of rotatable bonds is 3. The summed E-state index contributed by atoms with van der Waals surface area (Å²) in [5.41, 5.74) is 2.17. The number of carbonyl (C=O) groups excluding carboxylic acids is 1. The molecular formula is C17H15N3O4S. The normalized spacial score (nSPS) is 15.8. The van der Waals surface area contributed by atoms with Crippen LogP contribution in [-0.4, -0.2) is 27.2 Å². The zero-order valence-corrected chi connectivity index (χ0v) is 14.2. The molecule has 2 aromatic heterocycles. The van der Waals surface area contributed by atoms with E-state index in [0.29, 0.717) is 17.4 Å². The molecule has 0 bridgehead atoms. The summed E-state index contributed by atoms with van der Waals surface area (Å²) >= 11 is 1.49. The maximum Gasteiger partial charge on any atom is 0.347 e. The SMILES string of the molecule is CCOC(=O)c1c(O)c2cccc3c2n(c1=O)CC(c1cncs1)N3. The smallest absolute Gasteiger partial charge is 0.347 e. The molecule has 1 aromatic carbocycles. The molecule has 3 aromatic rings. The molecule has 0 aliphatic carbocycles. The molecule has 2 N–H and O–H groups in total. The molecule has 128 valence electrons. The van der Waals surface area contributed by atoms with Crippen molar-refractivity contribution >= 4 is 33.9 Å². The van der Waals surface area contributed by atoms with Crippen molar-refractivity contribution in [2.75, 3.05) is 11.9 Å². The maximum absolute atomic E-state index is 12.9. The molecule has 8 heteroatoms. The van der Waals surface area contributed by atoms with Crippen LogP contribution >= 0.6 is 11.3 Å². The van der Waals surface area contributed by atoms with Crippen LogP contribution in [0.4, 0.5) is 5.69 Å². The third-order valence-electron chi connectivity index (χ3n) is 4.23. The van der Waals surface area contributed by atoms with Gasteiger partial charge in [0.1, 0.15) is 5.75 Å². The van der Waals surface area contributed by atoms with E-state index in [-0.39, 0.29) is 24.0 Å². The van der Waals surface area contributed by atoms with Crippen LogP contribution in [0.1, 0.15) is 28.2 Å². The van der Waals surface area contributed by atoms with E-state index in [9.17, 15) is 14.7 Å². The molecule has 1 unspecified atom stereocenters. The Hall–Kier alpha value is -2.87. The first-order chi connectivity index (χ1) is 12.1. The molecule has 0 saturated heterocycles. The number of anilines is 1. The van der Waals surface area contributed by atoms with Gasteiger partial charge in [-0.3, -0.25) is 9.78 Å². The number of para-hydroxylation sites is 1. The summed E-state index contributed by atoms with van der Waals surface area (Å²) in [5, 5.41) is 14.3. The average Bonchev–Trinajstić information content (AvgIpc) is 3.14. The van der Waals surface area contributed by atoms with E-state index in [1.165, 1.54) is 15.9 Å². The van der Waals surface area contributed by atoms with Crippen LogP contribution in [0.3, 0.4) is 0 Å². The molecule has 0 saturated carbocycles.